The molecule has 1 aliphatic rings. The van der Waals surface area contributed by atoms with E-state index < -0.39 is 93.7 Å². The second-order valence-electron chi connectivity index (χ2n) is 19.4. The van der Waals surface area contributed by atoms with Crippen LogP contribution < -0.4 is 20.1 Å². The minimum atomic E-state index is -5.12. The molecule has 2 N–H and O–H groups in total. The van der Waals surface area contributed by atoms with Crippen molar-refractivity contribution < 1.29 is 83.9 Å². The topological polar surface area (TPSA) is 247 Å². The van der Waals surface area contributed by atoms with Crippen LogP contribution in [0.5, 0.6) is 11.6 Å². The predicted octanol–water partition coefficient (Wildman–Crippen LogP) is 10.5. The molecule has 1 aliphatic heterocycles. The first kappa shape index (κ1) is 61.3. The fourth-order valence-corrected chi connectivity index (χ4v) is 9.49. The van der Waals surface area contributed by atoms with E-state index in [9.17, 15) is 18.9 Å². The fraction of sp³-hybridized carbons (Fsp3) is 0.429. The number of benzene rings is 4. The number of hydrogen-bond donors (Lipinski definition) is 2. The van der Waals surface area contributed by atoms with Gasteiger partial charge < -0.3 is 53.3 Å². The van der Waals surface area contributed by atoms with Gasteiger partial charge in [0.25, 0.3) is 5.85 Å². The zero-order valence-corrected chi connectivity index (χ0v) is 47.2. The Balaban J connectivity index is 1.31. The number of carbonyl (C=O) groups excluding carboxylic acids is 3. The van der Waals surface area contributed by atoms with Crippen molar-refractivity contribution in [1.29, 1.82) is 0 Å². The summed E-state index contributed by atoms with van der Waals surface area (Å²) in [4.78, 5) is 54.3. The Bertz CT molecular complexity index is 3020. The third-order valence-electron chi connectivity index (χ3n) is 12.5. The van der Waals surface area contributed by atoms with E-state index in [1.165, 1.54) is 0 Å². The lowest BCUT2D eigenvalue weighted by molar-refractivity contribution is -0.198. The molecule has 6 atom stereocenters. The standard InChI is InChI=1S/C56H67F2N6O16P/c1-10-71-47-45-46(61-51(62-47)63-56(40-22-16-12-17-23-40,41-24-18-13-19-25-41)42-26-28-43(69-9)29-27-42)64(32-59-45)50-54(8,79-48(65)44(36(2)3)60-52(66)72-30-39-20-14-11-15-21-39)49(57)55(58,80-50)31-75-81(68,76-34-70-33-73-37(4)5)77-35-74-53(67)78-38(6)7/h11-29,32,36-38,44,49-50H,10,30-31,33-35H2,1-9H3,(H,60,66)(H,61,62,63)/t44?,49-,50+,54+,55+,81?/m0/s1. The average molecular weight is 1150 g/mol. The second kappa shape index (κ2) is 27.4. The molecule has 4 aromatic carbocycles. The Labute approximate surface area is 467 Å². The molecule has 0 spiro atoms. The van der Waals surface area contributed by atoms with Gasteiger partial charge in [0.1, 0.15) is 37.3 Å². The van der Waals surface area contributed by atoms with Gasteiger partial charge in [-0.2, -0.15) is 9.97 Å². The van der Waals surface area contributed by atoms with Crippen LogP contribution in [0.4, 0.5) is 24.3 Å². The molecule has 25 heteroatoms. The van der Waals surface area contributed by atoms with E-state index >= 15 is 8.78 Å². The number of methoxy groups -OCH3 is 1. The van der Waals surface area contributed by atoms with Crippen molar-refractivity contribution in [3.05, 3.63) is 144 Å². The molecule has 1 amide bonds. The number of aromatic nitrogens is 4. The lowest BCUT2D eigenvalue weighted by Crippen LogP contribution is -2.53. The highest BCUT2D eigenvalue weighted by Crippen LogP contribution is 2.55. The number of nitrogens with one attached hydrogen (secondary N) is 2. The maximum atomic E-state index is 18.0. The number of alkyl carbamates (subject to hydrolysis) is 1. The Morgan fingerprint density at radius 2 is 1.42 bits per heavy atom. The largest absolute Gasteiger partial charge is 0.510 e. The highest BCUT2D eigenvalue weighted by atomic mass is 31.2. The first-order chi connectivity index (χ1) is 38.7. The van der Waals surface area contributed by atoms with Crippen LogP contribution in [0.15, 0.2) is 122 Å². The fourth-order valence-electron chi connectivity index (χ4n) is 8.55. The monoisotopic (exact) mass is 1150 g/mol. The lowest BCUT2D eigenvalue weighted by Gasteiger charge is -2.37. The van der Waals surface area contributed by atoms with Gasteiger partial charge in [0.05, 0.1) is 32.3 Å². The van der Waals surface area contributed by atoms with E-state index in [1.54, 1.807) is 98.0 Å². The molecule has 0 radical (unpaired) electrons. The molecule has 436 valence electrons. The number of rotatable bonds is 28. The van der Waals surface area contributed by atoms with E-state index in [2.05, 4.69) is 15.6 Å². The minimum absolute atomic E-state index is 0.0104. The quantitative estimate of drug-likeness (QED) is 0.0116. The number of esters is 1. The van der Waals surface area contributed by atoms with Crippen molar-refractivity contribution in [2.75, 3.05) is 46.0 Å². The Morgan fingerprint density at radius 3 is 2.01 bits per heavy atom. The maximum Gasteiger partial charge on any atom is 0.510 e. The van der Waals surface area contributed by atoms with E-state index in [1.807, 2.05) is 72.8 Å². The summed E-state index contributed by atoms with van der Waals surface area (Å²) in [6.45, 7) is 8.47. The number of hydrogen-bond acceptors (Lipinski definition) is 20. The van der Waals surface area contributed by atoms with Gasteiger partial charge in [0, 0.05) is 0 Å². The number of imidazole rings is 1. The number of phosphoric acid groups is 1. The van der Waals surface area contributed by atoms with Crippen LogP contribution >= 0.6 is 7.82 Å². The van der Waals surface area contributed by atoms with E-state index in [-0.39, 0.29) is 49.1 Å². The van der Waals surface area contributed by atoms with Gasteiger partial charge in [0.2, 0.25) is 24.8 Å². The molecule has 2 aromatic heterocycles. The minimum Gasteiger partial charge on any atom is -0.497 e. The smallest absolute Gasteiger partial charge is 0.497 e. The summed E-state index contributed by atoms with van der Waals surface area (Å²) in [5.74, 6) is -5.22. The summed E-state index contributed by atoms with van der Waals surface area (Å²) < 4.78 is 116. The van der Waals surface area contributed by atoms with Gasteiger partial charge in [-0.1, -0.05) is 117 Å². The summed E-state index contributed by atoms with van der Waals surface area (Å²) >= 11 is 0. The molecule has 7 rings (SSSR count). The number of alkyl halides is 2. The molecular formula is C56H67F2N6O16P. The molecule has 0 aliphatic carbocycles. The van der Waals surface area contributed by atoms with Crippen LogP contribution in [0.1, 0.15) is 83.9 Å². The summed E-state index contributed by atoms with van der Waals surface area (Å²) in [7, 11) is -3.56. The normalized spacial score (nSPS) is 19.2. The number of nitrogens with zero attached hydrogens (tertiary/aromatic N) is 4. The second-order valence-corrected chi connectivity index (χ2v) is 21.1. The number of anilines is 1. The first-order valence-electron chi connectivity index (χ1n) is 25.9. The predicted molar refractivity (Wildman–Crippen MR) is 288 cm³/mol. The molecular weight excluding hydrogens is 1080 g/mol. The number of carbonyl (C=O) groups is 3. The summed E-state index contributed by atoms with van der Waals surface area (Å²) in [6, 6.07) is 33.6. The summed E-state index contributed by atoms with van der Waals surface area (Å²) in [5.41, 5.74) is -1.29. The third kappa shape index (κ3) is 15.0. The molecule has 1 fully saturated rings. The van der Waals surface area contributed by atoms with E-state index in [0.717, 1.165) is 34.5 Å². The zero-order valence-electron chi connectivity index (χ0n) is 46.3. The number of fused-ring (bicyclic) bond motifs is 1. The molecule has 0 saturated carbocycles. The van der Waals surface area contributed by atoms with Crippen molar-refractivity contribution in [3.63, 3.8) is 0 Å². The van der Waals surface area contributed by atoms with Gasteiger partial charge >= 0.3 is 26.0 Å². The van der Waals surface area contributed by atoms with E-state index in [4.69, 9.17) is 66.2 Å². The highest BCUT2D eigenvalue weighted by molar-refractivity contribution is 7.48. The molecule has 3 heterocycles. The van der Waals surface area contributed by atoms with Crippen LogP contribution in [-0.4, -0.2) is 114 Å². The number of halogens is 2. The maximum absolute atomic E-state index is 18.0. The van der Waals surface area contributed by atoms with Crippen LogP contribution in [0, 0.1) is 5.92 Å². The van der Waals surface area contributed by atoms with Gasteiger partial charge in [-0.15, -0.1) is 0 Å². The molecule has 22 nitrogen and oxygen atoms in total. The van der Waals surface area contributed by atoms with Crippen LogP contribution in [0.3, 0.4) is 0 Å². The molecule has 1 saturated heterocycles. The van der Waals surface area contributed by atoms with Gasteiger partial charge in [-0.25, -0.2) is 37.2 Å². The Hall–Kier alpha value is -7.31. The molecule has 2 unspecified atom stereocenters. The molecule has 81 heavy (non-hydrogen) atoms. The van der Waals surface area contributed by atoms with Crippen LogP contribution in [0.2, 0.25) is 0 Å². The number of ether oxygens (including phenoxy) is 9. The lowest BCUT2D eigenvalue weighted by atomic mass is 9.77. The molecule has 0 bridgehead atoms. The van der Waals surface area contributed by atoms with Gasteiger partial charge in [0.15, 0.2) is 29.8 Å². The highest BCUT2D eigenvalue weighted by Gasteiger charge is 2.68. The van der Waals surface area contributed by atoms with E-state index in [0.29, 0.717) is 11.3 Å². The van der Waals surface area contributed by atoms with Gasteiger partial charge in [-0.05, 0) is 81.8 Å². The summed E-state index contributed by atoms with van der Waals surface area (Å²) in [6.07, 6.45) is -7.11. The first-order valence-corrected chi connectivity index (χ1v) is 27.4. The van der Waals surface area contributed by atoms with Crippen molar-refractivity contribution >= 4 is 43.2 Å². The summed E-state index contributed by atoms with van der Waals surface area (Å²) in [5, 5.41) is 6.06. The van der Waals surface area contributed by atoms with Gasteiger partial charge in [-0.3, -0.25) is 13.6 Å². The SMILES string of the molecule is CCOc1nc(NC(c2ccccc2)(c2ccccc2)c2ccc(OC)cc2)nc2c1ncn2[C@@H]1O[C@](F)(COP(=O)(OCOCOC(C)C)OCOC(=O)OC(C)C)[C@@H](F)[C@@]1(C)OC(=O)C(NC(=O)OCc1ccccc1)C(C)C. The van der Waals surface area contributed by atoms with Crippen LogP contribution in [0.25, 0.3) is 11.2 Å². The Morgan fingerprint density at radius 1 is 0.802 bits per heavy atom. The van der Waals surface area contributed by atoms with Crippen LogP contribution in [-0.2, 0) is 68.2 Å². The number of amides is 1. The van der Waals surface area contributed by atoms with Crippen molar-refractivity contribution in [2.45, 2.75) is 110 Å². The Kier molecular flexibility index (Phi) is 20.8. The zero-order chi connectivity index (χ0) is 58.4. The average Bonchev–Trinajstić information content (AvgIpc) is 2.63. The van der Waals surface area contributed by atoms with Crippen molar-refractivity contribution in [1.82, 2.24) is 24.8 Å². The van der Waals surface area contributed by atoms with Crippen molar-refractivity contribution in [3.8, 4) is 11.6 Å². The molecule has 6 aromatic rings. The third-order valence-corrected chi connectivity index (χ3v) is 13.8. The number of phosphoric ester groups is 1. The van der Waals surface area contributed by atoms with Crippen molar-refractivity contribution in [2.24, 2.45) is 5.92 Å².